The van der Waals surface area contributed by atoms with Gasteiger partial charge in [0.15, 0.2) is 5.65 Å². The van der Waals surface area contributed by atoms with Crippen molar-refractivity contribution in [1.29, 1.82) is 0 Å². The van der Waals surface area contributed by atoms with Crippen molar-refractivity contribution in [2.45, 2.75) is 16.7 Å². The quantitative estimate of drug-likeness (QED) is 0.573. The van der Waals surface area contributed by atoms with Crippen LogP contribution in [0.3, 0.4) is 0 Å². The van der Waals surface area contributed by atoms with Crippen LogP contribution in [0.25, 0.3) is 11.0 Å². The Balaban J connectivity index is 1.78. The van der Waals surface area contributed by atoms with Crippen LogP contribution in [0, 0.1) is 0 Å². The number of hydrogen-bond acceptors (Lipinski definition) is 5. The van der Waals surface area contributed by atoms with E-state index in [1.807, 2.05) is 0 Å². The molecule has 0 radical (unpaired) electrons. The SMILES string of the molecule is CN1C(=O)C2(CCN(C(=O)O)C2)c2c1cnc1c2c(Br)cn1S(=O)(=O)c1ccccc1. The van der Waals surface area contributed by atoms with Crippen LogP contribution in [0.1, 0.15) is 12.0 Å². The molecule has 11 heteroatoms. The van der Waals surface area contributed by atoms with E-state index >= 15 is 0 Å². The Labute approximate surface area is 186 Å². The molecule has 0 aliphatic carbocycles. The van der Waals surface area contributed by atoms with E-state index in [2.05, 4.69) is 20.9 Å². The largest absolute Gasteiger partial charge is 0.465 e. The standard InChI is InChI=1S/C20H17BrN4O5S/c1-23-14-9-22-17-15(16(14)20(18(23)26)7-8-24(11-20)19(27)28)13(21)10-25(17)31(29,30)12-5-3-2-4-6-12/h2-6,9-10H,7-8,11H2,1H3,(H,27,28). The third-order valence-corrected chi connectivity index (χ3v) is 8.38. The Kier molecular flexibility index (Phi) is 4.22. The monoisotopic (exact) mass is 504 g/mol. The van der Waals surface area contributed by atoms with E-state index in [1.165, 1.54) is 34.3 Å². The number of pyridine rings is 1. The van der Waals surface area contributed by atoms with Crippen LogP contribution >= 0.6 is 15.9 Å². The molecule has 1 fully saturated rings. The Morgan fingerprint density at radius 1 is 1.26 bits per heavy atom. The highest BCUT2D eigenvalue weighted by Crippen LogP contribution is 2.51. The summed E-state index contributed by atoms with van der Waals surface area (Å²) in [7, 11) is -2.30. The highest BCUT2D eigenvalue weighted by Gasteiger charge is 2.56. The van der Waals surface area contributed by atoms with Crippen LogP contribution in [0.15, 0.2) is 52.1 Å². The van der Waals surface area contributed by atoms with E-state index in [4.69, 9.17) is 0 Å². The second-order valence-electron chi connectivity index (χ2n) is 7.71. The van der Waals surface area contributed by atoms with Gasteiger partial charge in [0, 0.05) is 41.8 Å². The third kappa shape index (κ3) is 2.59. The lowest BCUT2D eigenvalue weighted by Crippen LogP contribution is -2.41. The van der Waals surface area contributed by atoms with Crippen LogP contribution < -0.4 is 4.90 Å². The van der Waals surface area contributed by atoms with Gasteiger partial charge in [0.2, 0.25) is 5.91 Å². The average molecular weight is 505 g/mol. The number of aromatic nitrogens is 2. The normalized spacial score (nSPS) is 20.8. The van der Waals surface area contributed by atoms with E-state index in [0.717, 1.165) is 3.97 Å². The van der Waals surface area contributed by atoms with Gasteiger partial charge in [-0.1, -0.05) is 18.2 Å². The molecule has 0 saturated carbocycles. The van der Waals surface area contributed by atoms with Gasteiger partial charge >= 0.3 is 6.09 Å². The molecule has 5 rings (SSSR count). The van der Waals surface area contributed by atoms with Gasteiger partial charge in [-0.3, -0.25) is 4.79 Å². The fraction of sp³-hybridized carbons (Fsp3) is 0.250. The zero-order valence-corrected chi connectivity index (χ0v) is 18.7. The van der Waals surface area contributed by atoms with E-state index in [-0.39, 0.29) is 29.5 Å². The molecular formula is C20H17BrN4O5S. The molecule has 3 aromatic rings. The van der Waals surface area contributed by atoms with Crippen molar-refractivity contribution in [3.05, 3.63) is 52.8 Å². The molecule has 0 bridgehead atoms. The number of carbonyl (C=O) groups excluding carboxylic acids is 1. The van der Waals surface area contributed by atoms with Crippen molar-refractivity contribution >= 4 is 54.7 Å². The van der Waals surface area contributed by atoms with E-state index in [9.17, 15) is 23.1 Å². The zero-order valence-electron chi connectivity index (χ0n) is 16.3. The van der Waals surface area contributed by atoms with Crippen molar-refractivity contribution in [1.82, 2.24) is 13.9 Å². The summed E-state index contributed by atoms with van der Waals surface area (Å²) in [6.07, 6.45) is 2.14. The van der Waals surface area contributed by atoms with Gasteiger partial charge in [-0.15, -0.1) is 0 Å². The minimum absolute atomic E-state index is 0.0146. The first kappa shape index (κ1) is 20.0. The maximum absolute atomic E-state index is 13.3. The molecule has 4 heterocycles. The summed E-state index contributed by atoms with van der Waals surface area (Å²) in [6, 6.07) is 8.01. The van der Waals surface area contributed by atoms with Crippen LogP contribution in [0.5, 0.6) is 0 Å². The van der Waals surface area contributed by atoms with Gasteiger partial charge in [0.1, 0.15) is 0 Å². The Morgan fingerprint density at radius 3 is 2.61 bits per heavy atom. The fourth-order valence-electron chi connectivity index (χ4n) is 4.63. The summed E-state index contributed by atoms with van der Waals surface area (Å²) in [5, 5.41) is 9.96. The molecule has 1 spiro atoms. The predicted octanol–water partition coefficient (Wildman–Crippen LogP) is 2.63. The number of carbonyl (C=O) groups is 2. The average Bonchev–Trinajstić information content (AvgIpc) is 3.41. The molecule has 2 aliphatic heterocycles. The van der Waals surface area contributed by atoms with Gasteiger partial charge in [-0.25, -0.2) is 22.2 Å². The molecule has 1 saturated heterocycles. The smallest absolute Gasteiger partial charge is 0.407 e. The molecule has 1 atom stereocenters. The number of fused-ring (bicyclic) bond motifs is 4. The summed E-state index contributed by atoms with van der Waals surface area (Å²) in [4.78, 5) is 32.0. The topological polar surface area (TPSA) is 113 Å². The van der Waals surface area contributed by atoms with Gasteiger partial charge in [-0.05, 0) is 34.5 Å². The first-order valence-corrected chi connectivity index (χ1v) is 11.7. The Hall–Kier alpha value is -2.92. The summed E-state index contributed by atoms with van der Waals surface area (Å²) in [6.45, 7) is 0.236. The maximum Gasteiger partial charge on any atom is 0.407 e. The number of rotatable bonds is 2. The number of benzene rings is 1. The van der Waals surface area contributed by atoms with Crippen LogP contribution in [0.4, 0.5) is 10.5 Å². The lowest BCUT2D eigenvalue weighted by atomic mass is 9.80. The Bertz CT molecular complexity index is 1370. The van der Waals surface area contributed by atoms with E-state index in [1.54, 1.807) is 25.2 Å². The van der Waals surface area contributed by atoms with Gasteiger partial charge in [-0.2, -0.15) is 0 Å². The van der Waals surface area contributed by atoms with Crippen molar-refractivity contribution in [3.8, 4) is 0 Å². The predicted molar refractivity (Wildman–Crippen MR) is 116 cm³/mol. The molecule has 1 unspecified atom stereocenters. The molecule has 2 amide bonds. The first-order chi connectivity index (χ1) is 14.7. The van der Waals surface area contributed by atoms with Gasteiger partial charge in [0.25, 0.3) is 10.0 Å². The number of carboxylic acid groups (broad SMARTS) is 1. The minimum atomic E-state index is -3.93. The molecular weight excluding hydrogens is 488 g/mol. The van der Waals surface area contributed by atoms with Crippen molar-refractivity contribution in [2.75, 3.05) is 25.0 Å². The summed E-state index contributed by atoms with van der Waals surface area (Å²) in [5.41, 5.74) is 0.281. The second-order valence-corrected chi connectivity index (χ2v) is 10.4. The second kappa shape index (κ2) is 6.54. The molecule has 1 N–H and O–H groups in total. The number of anilines is 1. The molecule has 31 heavy (non-hydrogen) atoms. The number of amides is 2. The molecule has 2 aromatic heterocycles. The molecule has 2 aliphatic rings. The number of likely N-dealkylation sites (tertiary alicyclic amines) is 1. The number of hydrogen-bond donors (Lipinski definition) is 1. The van der Waals surface area contributed by atoms with Crippen molar-refractivity contribution in [3.63, 3.8) is 0 Å². The van der Waals surface area contributed by atoms with Crippen molar-refractivity contribution < 1.29 is 23.1 Å². The van der Waals surface area contributed by atoms with Crippen LogP contribution in [0.2, 0.25) is 0 Å². The number of halogens is 1. The lowest BCUT2D eigenvalue weighted by Gasteiger charge is -2.23. The number of nitrogens with zero attached hydrogens (tertiary/aromatic N) is 4. The van der Waals surface area contributed by atoms with Crippen LogP contribution in [-0.4, -0.2) is 59.5 Å². The molecule has 160 valence electrons. The number of likely N-dealkylation sites (N-methyl/N-ethyl adjacent to an activating group) is 1. The van der Waals surface area contributed by atoms with Crippen LogP contribution in [-0.2, 0) is 20.2 Å². The lowest BCUT2D eigenvalue weighted by molar-refractivity contribution is -0.122. The highest BCUT2D eigenvalue weighted by molar-refractivity contribution is 9.10. The highest BCUT2D eigenvalue weighted by atomic mass is 79.9. The Morgan fingerprint density at radius 2 is 1.97 bits per heavy atom. The fourth-order valence-corrected chi connectivity index (χ4v) is 6.68. The van der Waals surface area contributed by atoms with Gasteiger partial charge in [0.05, 0.1) is 22.2 Å². The molecule has 9 nitrogen and oxygen atoms in total. The third-order valence-electron chi connectivity index (χ3n) is 6.11. The maximum atomic E-state index is 13.3. The minimum Gasteiger partial charge on any atom is -0.465 e. The summed E-state index contributed by atoms with van der Waals surface area (Å²) in [5.74, 6) is -0.217. The van der Waals surface area contributed by atoms with E-state index in [0.29, 0.717) is 27.5 Å². The zero-order chi connectivity index (χ0) is 22.1. The summed E-state index contributed by atoms with van der Waals surface area (Å²) < 4.78 is 28.1. The summed E-state index contributed by atoms with van der Waals surface area (Å²) >= 11 is 3.47. The first-order valence-electron chi connectivity index (χ1n) is 9.45. The van der Waals surface area contributed by atoms with Crippen molar-refractivity contribution in [2.24, 2.45) is 0 Å². The van der Waals surface area contributed by atoms with E-state index < -0.39 is 21.5 Å². The van der Waals surface area contributed by atoms with Gasteiger partial charge < -0.3 is 14.9 Å². The molecule has 1 aromatic carbocycles.